The van der Waals surface area contributed by atoms with Crippen molar-refractivity contribution in [1.29, 1.82) is 0 Å². The highest BCUT2D eigenvalue weighted by atomic mass is 35.5. The maximum Gasteiger partial charge on any atom is 0.113 e. The van der Waals surface area contributed by atoms with Crippen molar-refractivity contribution in [2.45, 2.75) is 12.6 Å². The van der Waals surface area contributed by atoms with Gasteiger partial charge >= 0.3 is 0 Å². The zero-order chi connectivity index (χ0) is 9.97. The number of nitrogens with zero attached hydrogens (tertiary/aromatic N) is 3. The third-order valence-electron chi connectivity index (χ3n) is 1.98. The van der Waals surface area contributed by atoms with Gasteiger partial charge in [-0.1, -0.05) is 17.3 Å². The number of rotatable bonds is 3. The lowest BCUT2D eigenvalue weighted by atomic mass is 10.3. The molecule has 1 heterocycles. The minimum atomic E-state index is -0.582. The van der Waals surface area contributed by atoms with Crippen molar-refractivity contribution in [3.63, 3.8) is 0 Å². The number of halogens is 1. The van der Waals surface area contributed by atoms with Crippen molar-refractivity contribution in [2.24, 2.45) is 0 Å². The smallest absolute Gasteiger partial charge is 0.113 e. The fourth-order valence-electron chi connectivity index (χ4n) is 1.30. The molecular weight excluding hydrogens is 202 g/mol. The molecule has 0 amide bonds. The molecule has 5 heteroatoms. The molecule has 14 heavy (non-hydrogen) atoms. The second-order valence-corrected chi connectivity index (χ2v) is 3.38. The van der Waals surface area contributed by atoms with Crippen molar-refractivity contribution in [3.05, 3.63) is 24.3 Å². The summed E-state index contributed by atoms with van der Waals surface area (Å²) in [6, 6.07) is 7.61. The predicted octanol–water partition coefficient (Wildman–Crippen LogP) is 1.03. The predicted molar refractivity (Wildman–Crippen MR) is 54.3 cm³/mol. The third-order valence-corrected chi connectivity index (χ3v) is 2.34. The monoisotopic (exact) mass is 211 g/mol. The minimum Gasteiger partial charge on any atom is -0.390 e. The molecule has 0 aliphatic rings. The van der Waals surface area contributed by atoms with Crippen LogP contribution >= 0.6 is 11.6 Å². The van der Waals surface area contributed by atoms with E-state index in [-0.39, 0.29) is 5.88 Å². The highest BCUT2D eigenvalue weighted by Crippen LogP contribution is 2.10. The van der Waals surface area contributed by atoms with Gasteiger partial charge < -0.3 is 5.11 Å². The van der Waals surface area contributed by atoms with Crippen LogP contribution in [0.15, 0.2) is 24.3 Å². The van der Waals surface area contributed by atoms with E-state index in [1.165, 1.54) is 0 Å². The zero-order valence-corrected chi connectivity index (χ0v) is 8.22. The molecule has 2 rings (SSSR count). The molecule has 0 saturated heterocycles. The third kappa shape index (κ3) is 1.71. The number of aliphatic hydroxyl groups excluding tert-OH is 1. The van der Waals surface area contributed by atoms with E-state index in [2.05, 4.69) is 10.3 Å². The molecule has 74 valence electrons. The number of hydrogen-bond donors (Lipinski definition) is 1. The molecule has 2 aromatic rings. The Kier molecular flexibility index (Phi) is 2.65. The lowest BCUT2D eigenvalue weighted by molar-refractivity contribution is 0.172. The molecule has 1 unspecified atom stereocenters. The van der Waals surface area contributed by atoms with Gasteiger partial charge in [0.1, 0.15) is 5.52 Å². The van der Waals surface area contributed by atoms with Gasteiger partial charge in [0.2, 0.25) is 0 Å². The van der Waals surface area contributed by atoms with E-state index in [0.29, 0.717) is 6.54 Å². The van der Waals surface area contributed by atoms with E-state index in [0.717, 1.165) is 11.0 Å². The van der Waals surface area contributed by atoms with E-state index in [4.69, 9.17) is 11.6 Å². The van der Waals surface area contributed by atoms with Crippen LogP contribution in [0.25, 0.3) is 11.0 Å². The Morgan fingerprint density at radius 2 is 2.21 bits per heavy atom. The molecule has 0 spiro atoms. The Morgan fingerprint density at radius 1 is 1.43 bits per heavy atom. The van der Waals surface area contributed by atoms with Gasteiger partial charge in [0.25, 0.3) is 0 Å². The Labute approximate surface area is 86.1 Å². The van der Waals surface area contributed by atoms with Crippen LogP contribution in [-0.4, -0.2) is 32.1 Å². The van der Waals surface area contributed by atoms with Crippen molar-refractivity contribution < 1.29 is 5.11 Å². The van der Waals surface area contributed by atoms with Crippen LogP contribution in [0.3, 0.4) is 0 Å². The number of para-hydroxylation sites is 1. The first-order valence-electron chi connectivity index (χ1n) is 4.33. The number of benzene rings is 1. The first kappa shape index (κ1) is 9.43. The first-order valence-corrected chi connectivity index (χ1v) is 4.87. The van der Waals surface area contributed by atoms with E-state index < -0.39 is 6.10 Å². The molecule has 4 nitrogen and oxygen atoms in total. The van der Waals surface area contributed by atoms with Crippen LogP contribution in [0, 0.1) is 0 Å². The minimum absolute atomic E-state index is 0.203. The molecule has 1 aromatic heterocycles. The van der Waals surface area contributed by atoms with Crippen molar-refractivity contribution >= 4 is 22.6 Å². The van der Waals surface area contributed by atoms with E-state index in [9.17, 15) is 5.11 Å². The molecule has 1 N–H and O–H groups in total. The Balaban J connectivity index is 2.33. The fourth-order valence-corrected chi connectivity index (χ4v) is 1.40. The summed E-state index contributed by atoms with van der Waals surface area (Å²) in [7, 11) is 0. The van der Waals surface area contributed by atoms with Crippen LogP contribution in [0.2, 0.25) is 0 Å². The standard InChI is InChI=1S/C9H10ClN3O/c10-5-7(14)6-13-9-4-2-1-3-8(9)11-12-13/h1-4,7,14H,5-6H2. The van der Waals surface area contributed by atoms with E-state index in [1.807, 2.05) is 24.3 Å². The summed E-state index contributed by atoms with van der Waals surface area (Å²) in [5, 5.41) is 17.3. The number of aromatic nitrogens is 3. The average Bonchev–Trinajstić information content (AvgIpc) is 2.62. The molecular formula is C9H10ClN3O. The average molecular weight is 212 g/mol. The molecule has 0 bridgehead atoms. The van der Waals surface area contributed by atoms with Gasteiger partial charge in [-0.05, 0) is 12.1 Å². The maximum atomic E-state index is 9.37. The molecule has 0 saturated carbocycles. The Morgan fingerprint density at radius 3 is 3.00 bits per heavy atom. The normalized spacial score (nSPS) is 13.3. The van der Waals surface area contributed by atoms with Crippen molar-refractivity contribution in [1.82, 2.24) is 15.0 Å². The fraction of sp³-hybridized carbons (Fsp3) is 0.333. The molecule has 1 atom stereocenters. The summed E-state index contributed by atoms with van der Waals surface area (Å²) >= 11 is 5.51. The summed E-state index contributed by atoms with van der Waals surface area (Å²) in [5.41, 5.74) is 1.74. The second kappa shape index (κ2) is 3.94. The van der Waals surface area contributed by atoms with Gasteiger partial charge in [0.05, 0.1) is 24.0 Å². The number of hydrogen-bond acceptors (Lipinski definition) is 3. The lowest BCUT2D eigenvalue weighted by Gasteiger charge is -2.06. The zero-order valence-electron chi connectivity index (χ0n) is 7.47. The summed E-state index contributed by atoms with van der Waals surface area (Å²) in [4.78, 5) is 0. The van der Waals surface area contributed by atoms with Gasteiger partial charge in [0.15, 0.2) is 0 Å². The maximum absolute atomic E-state index is 9.37. The summed E-state index contributed by atoms with van der Waals surface area (Å²) in [6.07, 6.45) is -0.582. The first-order chi connectivity index (χ1) is 6.81. The number of aliphatic hydroxyl groups is 1. The van der Waals surface area contributed by atoms with Crippen molar-refractivity contribution in [3.8, 4) is 0 Å². The van der Waals surface area contributed by atoms with Crippen LogP contribution in [0.5, 0.6) is 0 Å². The molecule has 0 aliphatic carbocycles. The van der Waals surface area contributed by atoms with E-state index in [1.54, 1.807) is 4.68 Å². The van der Waals surface area contributed by atoms with Gasteiger partial charge in [-0.2, -0.15) is 0 Å². The lowest BCUT2D eigenvalue weighted by Crippen LogP contribution is -2.18. The topological polar surface area (TPSA) is 50.9 Å². The van der Waals surface area contributed by atoms with Gasteiger partial charge in [-0.25, -0.2) is 4.68 Å². The molecule has 0 aliphatic heterocycles. The summed E-state index contributed by atoms with van der Waals surface area (Å²) < 4.78 is 1.66. The van der Waals surface area contributed by atoms with Gasteiger partial charge in [-0.15, -0.1) is 16.7 Å². The van der Waals surface area contributed by atoms with E-state index >= 15 is 0 Å². The highest BCUT2D eigenvalue weighted by Gasteiger charge is 2.07. The number of fused-ring (bicyclic) bond motifs is 1. The SMILES string of the molecule is OC(CCl)Cn1nnc2ccccc21. The summed E-state index contributed by atoms with van der Waals surface area (Å²) in [5.74, 6) is 0.203. The van der Waals surface area contributed by atoms with Crippen LogP contribution < -0.4 is 0 Å². The quantitative estimate of drug-likeness (QED) is 0.772. The Bertz CT molecular complexity index is 429. The molecule has 0 fully saturated rings. The number of alkyl halides is 1. The van der Waals surface area contributed by atoms with Gasteiger partial charge in [-0.3, -0.25) is 0 Å². The van der Waals surface area contributed by atoms with Crippen LogP contribution in [0.4, 0.5) is 0 Å². The van der Waals surface area contributed by atoms with Gasteiger partial charge in [0, 0.05) is 0 Å². The molecule has 1 aromatic carbocycles. The second-order valence-electron chi connectivity index (χ2n) is 3.07. The van der Waals surface area contributed by atoms with Crippen LogP contribution in [-0.2, 0) is 6.54 Å². The molecule has 0 radical (unpaired) electrons. The van der Waals surface area contributed by atoms with Crippen molar-refractivity contribution in [2.75, 3.05) is 5.88 Å². The highest BCUT2D eigenvalue weighted by molar-refractivity contribution is 6.18. The summed E-state index contributed by atoms with van der Waals surface area (Å²) in [6.45, 7) is 0.379. The van der Waals surface area contributed by atoms with Crippen LogP contribution in [0.1, 0.15) is 0 Å². The Hall–Kier alpha value is -1.13. The largest absolute Gasteiger partial charge is 0.390 e.